The Bertz CT molecular complexity index is 1100. The lowest BCUT2D eigenvalue weighted by Gasteiger charge is -2.10. The first-order valence-corrected chi connectivity index (χ1v) is 9.21. The smallest absolute Gasteiger partial charge is 0.337 e. The van der Waals surface area contributed by atoms with Crippen LogP contribution in [0.3, 0.4) is 0 Å². The first-order chi connectivity index (χ1) is 15.3. The average molecular weight is 434 g/mol. The summed E-state index contributed by atoms with van der Waals surface area (Å²) in [7, 11) is 5.49. The molecule has 8 heteroatoms. The third kappa shape index (κ3) is 5.78. The fourth-order valence-corrected chi connectivity index (χ4v) is 2.79. The van der Waals surface area contributed by atoms with Crippen LogP contribution in [0.25, 0.3) is 0 Å². The largest absolute Gasteiger partial charge is 0.495 e. The maximum atomic E-state index is 11.4. The van der Waals surface area contributed by atoms with Crippen molar-refractivity contribution in [1.29, 1.82) is 10.5 Å². The number of nitriles is 2. The molecule has 0 amide bonds. The van der Waals surface area contributed by atoms with Gasteiger partial charge in [0.1, 0.15) is 17.9 Å². The summed E-state index contributed by atoms with van der Waals surface area (Å²) in [5, 5.41) is 17.9. The van der Waals surface area contributed by atoms with Gasteiger partial charge in [0.05, 0.1) is 56.3 Å². The second-order valence-corrected chi connectivity index (χ2v) is 6.03. The summed E-state index contributed by atoms with van der Waals surface area (Å²) in [5.41, 5.74) is 2.33. The van der Waals surface area contributed by atoms with Crippen molar-refractivity contribution >= 4 is 11.9 Å². The van der Waals surface area contributed by atoms with Crippen LogP contribution in [0.5, 0.6) is 11.5 Å². The molecule has 0 saturated heterocycles. The first kappa shape index (κ1) is 25.6. The van der Waals surface area contributed by atoms with Crippen LogP contribution in [0.15, 0.2) is 24.3 Å². The van der Waals surface area contributed by atoms with Crippen molar-refractivity contribution in [2.24, 2.45) is 0 Å². The molecule has 0 N–H and O–H groups in total. The fraction of sp³-hybridized carbons (Fsp3) is 0.250. The molecule has 0 unspecified atom stereocenters. The summed E-state index contributed by atoms with van der Waals surface area (Å²) in [6.45, 7) is 1.93. The SMILES string of the molecule is C#Cc1cc(C(=O)OC)cc(C#N)c1OC.CCc1cc(C(=O)OC)cc(C#N)c1OC. The molecule has 32 heavy (non-hydrogen) atoms. The molecule has 164 valence electrons. The van der Waals surface area contributed by atoms with Crippen LogP contribution in [-0.4, -0.2) is 40.4 Å². The van der Waals surface area contributed by atoms with E-state index in [2.05, 4.69) is 15.4 Å². The molecule has 2 aromatic carbocycles. The summed E-state index contributed by atoms with van der Waals surface area (Å²) in [6.07, 6.45) is 5.95. The highest BCUT2D eigenvalue weighted by atomic mass is 16.5. The predicted molar refractivity (Wildman–Crippen MR) is 115 cm³/mol. The van der Waals surface area contributed by atoms with E-state index in [4.69, 9.17) is 26.4 Å². The molecule has 0 atom stereocenters. The Morgan fingerprint density at radius 1 is 0.812 bits per heavy atom. The van der Waals surface area contributed by atoms with Gasteiger partial charge < -0.3 is 18.9 Å². The number of benzene rings is 2. The second-order valence-electron chi connectivity index (χ2n) is 6.03. The zero-order chi connectivity index (χ0) is 24.3. The lowest BCUT2D eigenvalue weighted by Crippen LogP contribution is -2.04. The van der Waals surface area contributed by atoms with E-state index in [-0.39, 0.29) is 16.9 Å². The summed E-state index contributed by atoms with van der Waals surface area (Å²) >= 11 is 0. The van der Waals surface area contributed by atoms with Gasteiger partial charge in [-0.1, -0.05) is 12.8 Å². The molecule has 2 aromatic rings. The Kier molecular flexibility index (Phi) is 9.80. The van der Waals surface area contributed by atoms with Crippen molar-refractivity contribution in [3.63, 3.8) is 0 Å². The normalized spacial score (nSPS) is 9.06. The van der Waals surface area contributed by atoms with E-state index in [0.717, 1.165) is 5.56 Å². The quantitative estimate of drug-likeness (QED) is 0.520. The molecular weight excluding hydrogens is 412 g/mol. The molecule has 0 bridgehead atoms. The molecule has 0 saturated carbocycles. The maximum absolute atomic E-state index is 11.4. The van der Waals surface area contributed by atoms with Crippen LogP contribution < -0.4 is 9.47 Å². The van der Waals surface area contributed by atoms with Crippen molar-refractivity contribution in [3.8, 4) is 36.0 Å². The van der Waals surface area contributed by atoms with Crippen molar-refractivity contribution < 1.29 is 28.5 Å². The van der Waals surface area contributed by atoms with Gasteiger partial charge in [-0.25, -0.2) is 9.59 Å². The van der Waals surface area contributed by atoms with Crippen LogP contribution in [0, 0.1) is 35.0 Å². The Hall–Kier alpha value is -4.48. The molecule has 0 aromatic heterocycles. The molecule has 0 spiro atoms. The standard InChI is InChI=1S/C12H13NO3.C12H9NO3/c2*1-4-8-5-9(12(14)16-3)6-10(7-13)11(8)15-2/h5-6H,4H2,1-3H3;1,5-6H,2-3H3. The molecule has 0 radical (unpaired) electrons. The fourth-order valence-electron chi connectivity index (χ4n) is 2.79. The minimum atomic E-state index is -0.546. The summed E-state index contributed by atoms with van der Waals surface area (Å²) < 4.78 is 19.3. The second kappa shape index (κ2) is 12.3. The topological polar surface area (TPSA) is 119 Å². The molecule has 0 aliphatic heterocycles. The van der Waals surface area contributed by atoms with Gasteiger partial charge in [-0.2, -0.15) is 10.5 Å². The summed E-state index contributed by atoms with van der Waals surface area (Å²) in [6, 6.07) is 9.91. The van der Waals surface area contributed by atoms with E-state index in [1.54, 1.807) is 6.07 Å². The highest BCUT2D eigenvalue weighted by Crippen LogP contribution is 2.26. The molecule has 0 aliphatic carbocycles. The number of aryl methyl sites for hydroxylation is 1. The number of terminal acetylenes is 1. The van der Waals surface area contributed by atoms with Gasteiger partial charge in [0.15, 0.2) is 5.75 Å². The highest BCUT2D eigenvalue weighted by molar-refractivity contribution is 5.91. The Labute approximate surface area is 186 Å². The minimum absolute atomic E-state index is 0.207. The maximum Gasteiger partial charge on any atom is 0.337 e. The number of carbonyl (C=O) groups is 2. The zero-order valence-electron chi connectivity index (χ0n) is 18.4. The molecule has 0 aliphatic rings. The van der Waals surface area contributed by atoms with Gasteiger partial charge in [-0.3, -0.25) is 0 Å². The Morgan fingerprint density at radius 3 is 1.62 bits per heavy atom. The summed E-state index contributed by atoms with van der Waals surface area (Å²) in [4.78, 5) is 22.7. The number of carbonyl (C=O) groups excluding carboxylic acids is 2. The van der Waals surface area contributed by atoms with Crippen LogP contribution in [0.1, 0.15) is 49.9 Å². The summed E-state index contributed by atoms with van der Waals surface area (Å²) in [5.74, 6) is 2.18. The van der Waals surface area contributed by atoms with Crippen LogP contribution in [0.2, 0.25) is 0 Å². The van der Waals surface area contributed by atoms with Crippen molar-refractivity contribution in [3.05, 3.63) is 57.6 Å². The first-order valence-electron chi connectivity index (χ1n) is 9.21. The van der Waals surface area contributed by atoms with Crippen molar-refractivity contribution in [2.75, 3.05) is 28.4 Å². The molecule has 8 nitrogen and oxygen atoms in total. The van der Waals surface area contributed by atoms with Crippen LogP contribution in [-0.2, 0) is 15.9 Å². The zero-order valence-corrected chi connectivity index (χ0v) is 18.4. The van der Waals surface area contributed by atoms with Gasteiger partial charge in [0, 0.05) is 0 Å². The van der Waals surface area contributed by atoms with Crippen LogP contribution in [0.4, 0.5) is 0 Å². The molecule has 0 heterocycles. The molecule has 0 fully saturated rings. The van der Waals surface area contributed by atoms with E-state index in [1.807, 2.05) is 19.1 Å². The van der Waals surface area contributed by atoms with Crippen molar-refractivity contribution in [2.45, 2.75) is 13.3 Å². The third-order valence-electron chi connectivity index (χ3n) is 4.28. The molecule has 2 rings (SSSR count). The van der Waals surface area contributed by atoms with E-state index in [1.165, 1.54) is 46.6 Å². The van der Waals surface area contributed by atoms with E-state index >= 15 is 0 Å². The molecular formula is C24H22N2O6. The number of ether oxygens (including phenoxy) is 4. The van der Waals surface area contributed by atoms with E-state index in [0.29, 0.717) is 28.9 Å². The van der Waals surface area contributed by atoms with Crippen molar-refractivity contribution in [1.82, 2.24) is 0 Å². The Balaban J connectivity index is 0.000000320. The van der Waals surface area contributed by atoms with E-state index < -0.39 is 11.9 Å². The number of esters is 2. The lowest BCUT2D eigenvalue weighted by atomic mass is 10.0. The van der Waals surface area contributed by atoms with Gasteiger partial charge in [0.25, 0.3) is 0 Å². The van der Waals surface area contributed by atoms with Crippen LogP contribution >= 0.6 is 0 Å². The van der Waals surface area contributed by atoms with Gasteiger partial charge in [-0.05, 0) is 36.2 Å². The predicted octanol–water partition coefficient (Wildman–Crippen LogP) is 3.25. The lowest BCUT2D eigenvalue weighted by molar-refractivity contribution is 0.0591. The monoisotopic (exact) mass is 434 g/mol. The van der Waals surface area contributed by atoms with E-state index in [9.17, 15) is 9.59 Å². The van der Waals surface area contributed by atoms with Gasteiger partial charge in [0.2, 0.25) is 0 Å². The third-order valence-corrected chi connectivity index (χ3v) is 4.28. The number of rotatable bonds is 5. The number of methoxy groups -OCH3 is 4. The highest BCUT2D eigenvalue weighted by Gasteiger charge is 2.15. The van der Waals surface area contributed by atoms with Gasteiger partial charge in [-0.15, -0.1) is 6.42 Å². The number of hydrogen-bond acceptors (Lipinski definition) is 8. The van der Waals surface area contributed by atoms with Gasteiger partial charge >= 0.3 is 11.9 Å². The Morgan fingerprint density at radius 2 is 1.25 bits per heavy atom. The minimum Gasteiger partial charge on any atom is -0.495 e. The number of nitrogens with zero attached hydrogens (tertiary/aromatic N) is 2. The number of hydrogen-bond donors (Lipinski definition) is 0. The average Bonchev–Trinajstić information content (AvgIpc) is 2.85.